The molecule has 0 unspecified atom stereocenters. The highest BCUT2D eigenvalue weighted by Gasteiger charge is 2.23. The molecular weight excluding hydrogens is 442 g/mol. The summed E-state index contributed by atoms with van der Waals surface area (Å²) in [4.78, 5) is 25.1. The van der Waals surface area contributed by atoms with Crippen molar-refractivity contribution in [1.29, 1.82) is 0 Å². The van der Waals surface area contributed by atoms with Gasteiger partial charge in [0.05, 0.1) is 38.8 Å². The number of aromatic amines is 2. The SMILES string of the molecule is NC1CCN(c2ccc(-c3nc(Nc4ccc(N5CCOCC5)cc4)nc4nc[nH]c34)c[nH+]2)CC1. The van der Waals surface area contributed by atoms with E-state index >= 15 is 0 Å². The first-order valence-electron chi connectivity index (χ1n) is 12.2. The lowest BCUT2D eigenvalue weighted by molar-refractivity contribution is -0.363. The molecule has 5 heterocycles. The molecule has 0 amide bonds. The van der Waals surface area contributed by atoms with Gasteiger partial charge in [0.2, 0.25) is 5.95 Å². The standard InChI is InChI=1S/C25H29N9O/c26-18-7-9-34(10-8-18)21-6-1-17(15-27-21)22-23-24(29-16-28-23)32-25(31-22)30-19-2-4-20(5-3-19)33-11-13-35-14-12-33/h1-6,15-16,18H,7-14,26H2,(H2,28,29,30,31,32)/p+1. The largest absolute Gasteiger partial charge is 0.378 e. The van der Waals surface area contributed by atoms with Crippen molar-refractivity contribution in [1.82, 2.24) is 19.9 Å². The van der Waals surface area contributed by atoms with Crippen LogP contribution in [0.2, 0.25) is 0 Å². The molecular formula is C25H30N9O+. The fourth-order valence-corrected chi connectivity index (χ4v) is 4.71. The lowest BCUT2D eigenvalue weighted by Crippen LogP contribution is -2.41. The number of pyridine rings is 1. The van der Waals surface area contributed by atoms with Gasteiger partial charge in [-0.15, -0.1) is 0 Å². The molecule has 0 bridgehead atoms. The lowest BCUT2D eigenvalue weighted by atomic mass is 10.1. The number of hydrogen-bond donors (Lipinski definition) is 3. The number of benzene rings is 1. The molecule has 2 aliphatic heterocycles. The second-order valence-electron chi connectivity index (χ2n) is 9.06. The van der Waals surface area contributed by atoms with E-state index in [-0.39, 0.29) is 0 Å². The highest BCUT2D eigenvalue weighted by molar-refractivity contribution is 5.88. The van der Waals surface area contributed by atoms with Crippen LogP contribution in [0.15, 0.2) is 48.9 Å². The number of imidazole rings is 1. The summed E-state index contributed by atoms with van der Waals surface area (Å²) < 4.78 is 5.45. The van der Waals surface area contributed by atoms with Crippen LogP contribution in [0.25, 0.3) is 22.4 Å². The van der Waals surface area contributed by atoms with E-state index in [0.29, 0.717) is 17.6 Å². The summed E-state index contributed by atoms with van der Waals surface area (Å²) in [6, 6.07) is 12.8. The summed E-state index contributed by atoms with van der Waals surface area (Å²) in [6.07, 6.45) is 5.67. The van der Waals surface area contributed by atoms with Crippen LogP contribution in [0.3, 0.4) is 0 Å². The third-order valence-corrected chi connectivity index (χ3v) is 6.74. The molecule has 0 radical (unpaired) electrons. The topological polar surface area (TPSA) is 122 Å². The van der Waals surface area contributed by atoms with Crippen LogP contribution in [0, 0.1) is 0 Å². The Labute approximate surface area is 203 Å². The van der Waals surface area contributed by atoms with Gasteiger partial charge in [0.15, 0.2) is 5.65 Å². The van der Waals surface area contributed by atoms with E-state index in [1.807, 2.05) is 6.20 Å². The minimum absolute atomic E-state index is 0.307. The third kappa shape index (κ3) is 4.62. The van der Waals surface area contributed by atoms with E-state index in [9.17, 15) is 0 Å². The molecule has 1 aromatic carbocycles. The van der Waals surface area contributed by atoms with Gasteiger partial charge in [-0.1, -0.05) is 0 Å². The van der Waals surface area contributed by atoms with Crippen LogP contribution < -0.4 is 25.8 Å². The number of fused-ring (bicyclic) bond motifs is 1. The molecule has 3 aromatic heterocycles. The number of hydrogen-bond acceptors (Lipinski definition) is 8. The maximum absolute atomic E-state index is 6.06. The van der Waals surface area contributed by atoms with Crippen molar-refractivity contribution < 1.29 is 9.72 Å². The Morgan fingerprint density at radius 3 is 2.51 bits per heavy atom. The number of ether oxygens (including phenoxy) is 1. The van der Waals surface area contributed by atoms with Gasteiger partial charge in [0, 0.05) is 55.0 Å². The van der Waals surface area contributed by atoms with Crippen molar-refractivity contribution in [2.24, 2.45) is 5.73 Å². The van der Waals surface area contributed by atoms with Crippen molar-refractivity contribution in [3.05, 3.63) is 48.9 Å². The van der Waals surface area contributed by atoms with Crippen molar-refractivity contribution in [2.45, 2.75) is 18.9 Å². The molecule has 2 fully saturated rings. The number of nitrogens with two attached hydrogens (primary N) is 1. The van der Waals surface area contributed by atoms with Gasteiger partial charge in [-0.25, -0.2) is 15.0 Å². The molecule has 2 saturated heterocycles. The maximum atomic E-state index is 6.06. The van der Waals surface area contributed by atoms with Crippen molar-refractivity contribution in [3.63, 3.8) is 0 Å². The van der Waals surface area contributed by atoms with E-state index < -0.39 is 0 Å². The molecule has 180 valence electrons. The molecule has 5 N–H and O–H groups in total. The van der Waals surface area contributed by atoms with Crippen molar-refractivity contribution in [3.8, 4) is 11.3 Å². The minimum atomic E-state index is 0.307. The van der Waals surface area contributed by atoms with Crippen LogP contribution in [-0.2, 0) is 4.74 Å². The fraction of sp³-hybridized carbons (Fsp3) is 0.360. The Kier molecular flexibility index (Phi) is 5.89. The predicted molar refractivity (Wildman–Crippen MR) is 136 cm³/mol. The third-order valence-electron chi connectivity index (χ3n) is 6.74. The molecule has 0 atom stereocenters. The summed E-state index contributed by atoms with van der Waals surface area (Å²) >= 11 is 0. The highest BCUT2D eigenvalue weighted by Crippen LogP contribution is 2.27. The molecule has 0 spiro atoms. The Balaban J connectivity index is 1.24. The summed E-state index contributed by atoms with van der Waals surface area (Å²) in [5, 5.41) is 3.34. The van der Waals surface area contributed by atoms with Gasteiger partial charge >= 0.3 is 0 Å². The van der Waals surface area contributed by atoms with E-state index in [1.54, 1.807) is 6.33 Å². The molecule has 2 aliphatic rings. The van der Waals surface area contributed by atoms with E-state index in [1.165, 1.54) is 5.69 Å². The molecule has 0 saturated carbocycles. The van der Waals surface area contributed by atoms with Crippen LogP contribution in [0.4, 0.5) is 23.1 Å². The molecule has 10 nitrogen and oxygen atoms in total. The summed E-state index contributed by atoms with van der Waals surface area (Å²) in [5.74, 6) is 1.60. The Bertz CT molecular complexity index is 1270. The number of aromatic nitrogens is 5. The zero-order chi connectivity index (χ0) is 23.6. The number of anilines is 4. The van der Waals surface area contributed by atoms with Crippen LogP contribution >= 0.6 is 0 Å². The summed E-state index contributed by atoms with van der Waals surface area (Å²) in [6.45, 7) is 5.30. The van der Waals surface area contributed by atoms with Gasteiger partial charge in [-0.2, -0.15) is 4.98 Å². The number of nitrogens with zero attached hydrogens (tertiary/aromatic N) is 5. The summed E-state index contributed by atoms with van der Waals surface area (Å²) in [7, 11) is 0. The Morgan fingerprint density at radius 1 is 0.971 bits per heavy atom. The van der Waals surface area contributed by atoms with Gasteiger partial charge in [-0.3, -0.25) is 4.90 Å². The maximum Gasteiger partial charge on any atom is 0.274 e. The predicted octanol–water partition coefficient (Wildman–Crippen LogP) is 2.34. The first-order chi connectivity index (χ1) is 17.2. The quantitative estimate of drug-likeness (QED) is 0.405. The second-order valence-corrected chi connectivity index (χ2v) is 9.06. The zero-order valence-electron chi connectivity index (χ0n) is 19.6. The average molecular weight is 473 g/mol. The highest BCUT2D eigenvalue weighted by atomic mass is 16.5. The first-order valence-corrected chi connectivity index (χ1v) is 12.2. The van der Waals surface area contributed by atoms with E-state index in [4.69, 9.17) is 15.5 Å². The smallest absolute Gasteiger partial charge is 0.274 e. The number of morpholine rings is 1. The van der Waals surface area contributed by atoms with E-state index in [0.717, 1.165) is 80.5 Å². The molecule has 4 aromatic rings. The molecule has 35 heavy (non-hydrogen) atoms. The zero-order valence-corrected chi connectivity index (χ0v) is 19.6. The van der Waals surface area contributed by atoms with Crippen LogP contribution in [0.1, 0.15) is 12.8 Å². The van der Waals surface area contributed by atoms with Crippen molar-refractivity contribution >= 4 is 34.3 Å². The Morgan fingerprint density at radius 2 is 1.77 bits per heavy atom. The average Bonchev–Trinajstić information content (AvgIpc) is 3.39. The molecule has 0 aliphatic carbocycles. The number of H-pyrrole nitrogens is 2. The minimum Gasteiger partial charge on any atom is -0.378 e. The second kappa shape index (κ2) is 9.47. The van der Waals surface area contributed by atoms with Crippen LogP contribution in [0.5, 0.6) is 0 Å². The molecule has 6 rings (SSSR count). The molecule has 10 heteroatoms. The van der Waals surface area contributed by atoms with Crippen LogP contribution in [-0.4, -0.2) is 65.4 Å². The first kappa shape index (κ1) is 21.8. The normalized spacial score (nSPS) is 17.2. The van der Waals surface area contributed by atoms with E-state index in [2.05, 4.69) is 71.5 Å². The van der Waals surface area contributed by atoms with Gasteiger partial charge in [-0.05, 0) is 30.3 Å². The number of piperidine rings is 1. The fourth-order valence-electron chi connectivity index (χ4n) is 4.71. The number of nitrogens with one attached hydrogen (secondary N) is 3. The van der Waals surface area contributed by atoms with Gasteiger partial charge in [0.25, 0.3) is 5.82 Å². The Hall–Kier alpha value is -3.76. The number of rotatable bonds is 5. The van der Waals surface area contributed by atoms with Gasteiger partial charge in [0.1, 0.15) is 11.2 Å². The summed E-state index contributed by atoms with van der Waals surface area (Å²) in [5.41, 5.74) is 11.4. The monoisotopic (exact) mass is 472 g/mol. The van der Waals surface area contributed by atoms with Crippen molar-refractivity contribution in [2.75, 3.05) is 54.5 Å². The van der Waals surface area contributed by atoms with Gasteiger partial charge < -0.3 is 25.7 Å². The lowest BCUT2D eigenvalue weighted by Gasteiger charge is -2.28.